The maximum Gasteiger partial charge on any atom is 0.306 e. The normalized spacial score (nSPS) is 12.5. The molecule has 0 amide bonds. The Balaban J connectivity index is 4.40. The van der Waals surface area contributed by atoms with E-state index in [0.717, 1.165) is 89.9 Å². The van der Waals surface area contributed by atoms with E-state index in [1.807, 2.05) is 0 Å². The van der Waals surface area contributed by atoms with Crippen molar-refractivity contribution in [3.8, 4) is 0 Å². The van der Waals surface area contributed by atoms with Crippen molar-refractivity contribution in [2.45, 2.75) is 297 Å². The molecule has 6 nitrogen and oxygen atoms in total. The van der Waals surface area contributed by atoms with Crippen LogP contribution in [0.2, 0.25) is 0 Å². The molecule has 0 N–H and O–H groups in total. The van der Waals surface area contributed by atoms with E-state index in [2.05, 4.69) is 81.5 Å². The molecule has 0 spiro atoms. The van der Waals surface area contributed by atoms with Gasteiger partial charge in [0.25, 0.3) is 0 Å². The van der Waals surface area contributed by atoms with E-state index < -0.39 is 6.10 Å². The number of hydrogen-bond donors (Lipinski definition) is 0. The van der Waals surface area contributed by atoms with Crippen molar-refractivity contribution in [2.24, 2.45) is 0 Å². The van der Waals surface area contributed by atoms with Crippen LogP contribution in [0.4, 0.5) is 0 Å². The van der Waals surface area contributed by atoms with Crippen LogP contribution < -0.4 is 0 Å². The van der Waals surface area contributed by atoms with Crippen LogP contribution in [0.5, 0.6) is 0 Å². The smallest absolute Gasteiger partial charge is 0.306 e. The summed E-state index contributed by atoms with van der Waals surface area (Å²) in [7, 11) is 0. The van der Waals surface area contributed by atoms with Gasteiger partial charge in [-0.15, -0.1) is 0 Å². The van der Waals surface area contributed by atoms with Crippen LogP contribution in [0, 0.1) is 0 Å². The number of rotatable bonds is 52. The van der Waals surface area contributed by atoms with Crippen molar-refractivity contribution in [3.05, 3.63) is 60.8 Å². The molecule has 0 heterocycles. The predicted octanol–water partition coefficient (Wildman–Crippen LogP) is 19.2. The molecule has 0 aromatic heterocycles. The van der Waals surface area contributed by atoms with Crippen LogP contribution in [0.25, 0.3) is 0 Å². The van der Waals surface area contributed by atoms with Gasteiger partial charge in [-0.3, -0.25) is 14.4 Å². The minimum atomic E-state index is -0.791. The van der Waals surface area contributed by atoms with Crippen LogP contribution in [0.3, 0.4) is 0 Å². The van der Waals surface area contributed by atoms with Crippen molar-refractivity contribution in [2.75, 3.05) is 13.2 Å². The molecule has 0 rings (SSSR count). The van der Waals surface area contributed by atoms with E-state index in [0.29, 0.717) is 19.3 Å². The number of unbranched alkanes of at least 4 members (excludes halogenated alkanes) is 31. The molecule has 0 aromatic rings. The highest BCUT2D eigenvalue weighted by Gasteiger charge is 2.19. The first kappa shape index (κ1) is 64.1. The van der Waals surface area contributed by atoms with Crippen LogP contribution in [0.1, 0.15) is 290 Å². The van der Waals surface area contributed by atoms with Crippen LogP contribution in [-0.4, -0.2) is 37.2 Å². The first-order chi connectivity index (χ1) is 33.0. The lowest BCUT2D eigenvalue weighted by atomic mass is 10.1. The number of ether oxygens (including phenoxy) is 3. The lowest BCUT2D eigenvalue weighted by molar-refractivity contribution is -0.167. The summed E-state index contributed by atoms with van der Waals surface area (Å²) in [5.41, 5.74) is 0. The molecule has 0 unspecified atom stereocenters. The first-order valence-electron chi connectivity index (χ1n) is 28.8. The summed E-state index contributed by atoms with van der Waals surface area (Å²) in [6, 6.07) is 0. The Morgan fingerprint density at radius 3 is 0.896 bits per heavy atom. The summed E-state index contributed by atoms with van der Waals surface area (Å²) < 4.78 is 16.8. The maximum atomic E-state index is 12.8. The third-order valence-corrected chi connectivity index (χ3v) is 12.5. The minimum Gasteiger partial charge on any atom is -0.462 e. The van der Waals surface area contributed by atoms with Gasteiger partial charge in [0.15, 0.2) is 6.10 Å². The number of esters is 3. The number of allylic oxidation sites excluding steroid dienone is 10. The van der Waals surface area contributed by atoms with Crippen molar-refractivity contribution >= 4 is 17.9 Å². The van der Waals surface area contributed by atoms with Crippen LogP contribution >= 0.6 is 0 Å². The average molecular weight is 938 g/mol. The Morgan fingerprint density at radius 2 is 0.537 bits per heavy atom. The molecular formula is C61H108O6. The Morgan fingerprint density at radius 1 is 0.299 bits per heavy atom. The fourth-order valence-corrected chi connectivity index (χ4v) is 8.09. The van der Waals surface area contributed by atoms with Gasteiger partial charge in [-0.05, 0) is 109 Å². The lowest BCUT2D eigenvalue weighted by Crippen LogP contribution is -2.30. The van der Waals surface area contributed by atoms with E-state index in [9.17, 15) is 14.4 Å². The summed E-state index contributed by atoms with van der Waals surface area (Å²) in [6.07, 6.45) is 69.2. The molecule has 67 heavy (non-hydrogen) atoms. The second kappa shape index (κ2) is 55.7. The Hall–Kier alpha value is -2.89. The highest BCUT2D eigenvalue weighted by atomic mass is 16.6. The molecule has 0 aliphatic heterocycles. The second-order valence-electron chi connectivity index (χ2n) is 19.2. The summed E-state index contributed by atoms with van der Waals surface area (Å²) >= 11 is 0. The SMILES string of the molecule is CCCCC/C=C\C/C=C\C/C=C\CCCCCCC(=O)O[C@H](COC(=O)CCCCCCC/C=C\CCCCCC)COC(=O)CCCCCCCCC/C=C\CCCCCCCCCC. The van der Waals surface area contributed by atoms with Crippen LogP contribution in [-0.2, 0) is 28.6 Å². The van der Waals surface area contributed by atoms with Gasteiger partial charge in [0, 0.05) is 19.3 Å². The predicted molar refractivity (Wildman–Crippen MR) is 288 cm³/mol. The monoisotopic (exact) mass is 937 g/mol. The topological polar surface area (TPSA) is 78.9 Å². The molecule has 388 valence electrons. The molecule has 0 radical (unpaired) electrons. The van der Waals surface area contributed by atoms with Crippen molar-refractivity contribution in [1.29, 1.82) is 0 Å². The first-order valence-corrected chi connectivity index (χ1v) is 28.8. The van der Waals surface area contributed by atoms with Gasteiger partial charge < -0.3 is 14.2 Å². The molecule has 0 aliphatic rings. The zero-order valence-corrected chi connectivity index (χ0v) is 44.4. The third kappa shape index (κ3) is 53.9. The third-order valence-electron chi connectivity index (χ3n) is 12.5. The van der Waals surface area contributed by atoms with Gasteiger partial charge in [-0.25, -0.2) is 0 Å². The second-order valence-corrected chi connectivity index (χ2v) is 19.2. The van der Waals surface area contributed by atoms with E-state index in [1.54, 1.807) is 0 Å². The van der Waals surface area contributed by atoms with Crippen molar-refractivity contribution in [1.82, 2.24) is 0 Å². The molecular weight excluding hydrogens is 829 g/mol. The number of carbonyl (C=O) groups is 3. The molecule has 0 aromatic carbocycles. The fraction of sp³-hybridized carbons (Fsp3) is 0.787. The molecule has 0 saturated heterocycles. The minimum absolute atomic E-state index is 0.0874. The molecule has 0 bridgehead atoms. The van der Waals surface area contributed by atoms with E-state index >= 15 is 0 Å². The summed E-state index contributed by atoms with van der Waals surface area (Å²) in [4.78, 5) is 38.1. The zero-order chi connectivity index (χ0) is 48.6. The highest BCUT2D eigenvalue weighted by Crippen LogP contribution is 2.15. The number of hydrogen-bond acceptors (Lipinski definition) is 6. The lowest BCUT2D eigenvalue weighted by Gasteiger charge is -2.18. The fourth-order valence-electron chi connectivity index (χ4n) is 8.09. The molecule has 0 aliphatic carbocycles. The van der Waals surface area contributed by atoms with Crippen molar-refractivity contribution in [3.63, 3.8) is 0 Å². The van der Waals surface area contributed by atoms with Crippen LogP contribution in [0.15, 0.2) is 60.8 Å². The molecule has 1 atom stereocenters. The zero-order valence-electron chi connectivity index (χ0n) is 44.4. The molecule has 0 saturated carbocycles. The Bertz CT molecular complexity index is 1210. The van der Waals surface area contributed by atoms with Gasteiger partial charge in [0.1, 0.15) is 13.2 Å². The van der Waals surface area contributed by atoms with Gasteiger partial charge in [0.05, 0.1) is 0 Å². The van der Waals surface area contributed by atoms with Gasteiger partial charge in [0.2, 0.25) is 0 Å². The molecule has 6 heteroatoms. The van der Waals surface area contributed by atoms with Crippen molar-refractivity contribution < 1.29 is 28.6 Å². The summed E-state index contributed by atoms with van der Waals surface area (Å²) in [6.45, 7) is 6.59. The van der Waals surface area contributed by atoms with Gasteiger partial charge >= 0.3 is 17.9 Å². The summed E-state index contributed by atoms with van der Waals surface area (Å²) in [5.74, 6) is -0.913. The largest absolute Gasteiger partial charge is 0.462 e. The van der Waals surface area contributed by atoms with E-state index in [4.69, 9.17) is 14.2 Å². The highest BCUT2D eigenvalue weighted by molar-refractivity contribution is 5.71. The standard InChI is InChI=1S/C61H108O6/c1-4-7-10-13-16-19-22-25-27-29-30-32-33-36-39-42-45-48-51-54-60(63)66-57-58(56-65-59(62)53-50-47-44-41-38-35-24-21-18-15-12-9-6-3)67-61(64)55-52-49-46-43-40-37-34-31-28-26-23-20-17-14-11-8-5-2/h17,20-21,24,26,28-30,34,37,58H,4-16,18-19,22-23,25,27,31-33,35-36,38-57H2,1-3H3/b20-17-,24-21-,28-26-,30-29-,37-34-/t58-/m1/s1. The van der Waals surface area contributed by atoms with E-state index in [-0.39, 0.29) is 31.1 Å². The maximum absolute atomic E-state index is 12.8. The Kier molecular flexibility index (Phi) is 53.3. The number of carbonyl (C=O) groups excluding carboxylic acids is 3. The van der Waals surface area contributed by atoms with Gasteiger partial charge in [-0.2, -0.15) is 0 Å². The molecule has 0 fully saturated rings. The Labute approximate surface area is 415 Å². The quantitative estimate of drug-likeness (QED) is 0.0262. The summed E-state index contributed by atoms with van der Waals surface area (Å²) in [5, 5.41) is 0. The average Bonchev–Trinajstić information content (AvgIpc) is 3.33. The van der Waals surface area contributed by atoms with E-state index in [1.165, 1.54) is 161 Å². The van der Waals surface area contributed by atoms with Gasteiger partial charge in [-0.1, -0.05) is 223 Å².